The summed E-state index contributed by atoms with van der Waals surface area (Å²) in [4.78, 5) is 0. The number of hydrogen-bond donors (Lipinski definition) is 0. The lowest BCUT2D eigenvalue weighted by Gasteiger charge is -2.21. The van der Waals surface area contributed by atoms with E-state index in [-0.39, 0.29) is 0 Å². The molecule has 0 amide bonds. The molecule has 4 nitrogen and oxygen atoms in total. The molecular weight excluding hydrogens is 236 g/mol. The van der Waals surface area contributed by atoms with Gasteiger partial charge in [-0.05, 0) is 25.2 Å². The van der Waals surface area contributed by atoms with Gasteiger partial charge in [0.15, 0.2) is 5.69 Å². The Morgan fingerprint density at radius 2 is 2.11 bits per heavy atom. The maximum absolute atomic E-state index is 9.13. The standard InChI is InChI=1S/C15H24N4/c1-2-3-11-19-15(14(12-16)17-18-19)10-9-13-7-5-4-6-8-13/h13H,2-11H2,1H3. The molecule has 0 atom stereocenters. The summed E-state index contributed by atoms with van der Waals surface area (Å²) < 4.78 is 1.95. The van der Waals surface area contributed by atoms with Crippen LogP contribution in [0.3, 0.4) is 0 Å². The lowest BCUT2D eigenvalue weighted by Crippen LogP contribution is -2.11. The summed E-state index contributed by atoms with van der Waals surface area (Å²) >= 11 is 0. The molecule has 1 heterocycles. The first-order valence-corrected chi connectivity index (χ1v) is 7.67. The number of aryl methyl sites for hydroxylation is 1. The van der Waals surface area contributed by atoms with Gasteiger partial charge in [0.25, 0.3) is 0 Å². The van der Waals surface area contributed by atoms with Crippen LogP contribution in [0.25, 0.3) is 0 Å². The molecule has 0 radical (unpaired) electrons. The van der Waals surface area contributed by atoms with Crippen molar-refractivity contribution in [3.63, 3.8) is 0 Å². The third-order valence-electron chi connectivity index (χ3n) is 4.18. The predicted octanol–water partition coefficient (Wildman–Crippen LogP) is 3.46. The fraction of sp³-hybridized carbons (Fsp3) is 0.800. The Balaban J connectivity index is 1.96. The van der Waals surface area contributed by atoms with E-state index in [0.717, 1.165) is 37.4 Å². The van der Waals surface area contributed by atoms with Crippen molar-refractivity contribution in [3.05, 3.63) is 11.4 Å². The van der Waals surface area contributed by atoms with Crippen molar-refractivity contribution in [1.82, 2.24) is 15.0 Å². The van der Waals surface area contributed by atoms with E-state index in [0.29, 0.717) is 5.69 Å². The topological polar surface area (TPSA) is 54.5 Å². The molecule has 0 bridgehead atoms. The summed E-state index contributed by atoms with van der Waals surface area (Å²) in [5, 5.41) is 17.3. The maximum Gasteiger partial charge on any atom is 0.185 e. The van der Waals surface area contributed by atoms with E-state index < -0.39 is 0 Å². The molecule has 4 heteroatoms. The third kappa shape index (κ3) is 3.79. The minimum atomic E-state index is 0.534. The number of aromatic nitrogens is 3. The smallest absolute Gasteiger partial charge is 0.185 e. The fourth-order valence-corrected chi connectivity index (χ4v) is 2.97. The van der Waals surface area contributed by atoms with Crippen molar-refractivity contribution in [2.24, 2.45) is 5.92 Å². The van der Waals surface area contributed by atoms with Crippen LogP contribution in [0, 0.1) is 17.2 Å². The van der Waals surface area contributed by atoms with Crippen LogP contribution < -0.4 is 0 Å². The molecule has 1 aliphatic rings. The molecule has 0 N–H and O–H groups in total. The van der Waals surface area contributed by atoms with E-state index in [9.17, 15) is 0 Å². The van der Waals surface area contributed by atoms with Crippen LogP contribution in [-0.4, -0.2) is 15.0 Å². The molecular formula is C15H24N4. The van der Waals surface area contributed by atoms with E-state index in [1.165, 1.54) is 38.5 Å². The Bertz CT molecular complexity index is 424. The first kappa shape index (κ1) is 14.0. The van der Waals surface area contributed by atoms with Crippen LogP contribution in [0.4, 0.5) is 0 Å². The zero-order valence-electron chi connectivity index (χ0n) is 11.9. The first-order valence-electron chi connectivity index (χ1n) is 7.67. The number of nitriles is 1. The highest BCUT2D eigenvalue weighted by Crippen LogP contribution is 2.27. The largest absolute Gasteiger partial charge is 0.248 e. The SMILES string of the molecule is CCCCn1nnc(C#N)c1CCC1CCCCC1. The van der Waals surface area contributed by atoms with Crippen molar-refractivity contribution in [2.45, 2.75) is 71.3 Å². The van der Waals surface area contributed by atoms with E-state index in [4.69, 9.17) is 5.26 Å². The average Bonchev–Trinajstić information content (AvgIpc) is 2.86. The van der Waals surface area contributed by atoms with Crippen LogP contribution in [0.2, 0.25) is 0 Å². The highest BCUT2D eigenvalue weighted by Gasteiger charge is 2.17. The Kier molecular flexibility index (Phi) is 5.38. The van der Waals surface area contributed by atoms with Gasteiger partial charge < -0.3 is 0 Å². The summed E-state index contributed by atoms with van der Waals surface area (Å²) in [7, 11) is 0. The Morgan fingerprint density at radius 1 is 1.32 bits per heavy atom. The Labute approximate surface area is 115 Å². The fourth-order valence-electron chi connectivity index (χ4n) is 2.97. The second-order valence-electron chi connectivity index (χ2n) is 5.62. The zero-order valence-corrected chi connectivity index (χ0v) is 11.9. The monoisotopic (exact) mass is 260 g/mol. The summed E-state index contributed by atoms with van der Waals surface area (Å²) in [6.45, 7) is 3.06. The van der Waals surface area contributed by atoms with E-state index in [1.807, 2.05) is 4.68 Å². The second-order valence-corrected chi connectivity index (χ2v) is 5.62. The summed E-state index contributed by atoms with van der Waals surface area (Å²) in [5.41, 5.74) is 1.59. The molecule has 1 aromatic heterocycles. The van der Waals surface area contributed by atoms with Gasteiger partial charge in [0.1, 0.15) is 6.07 Å². The van der Waals surface area contributed by atoms with Crippen molar-refractivity contribution in [2.75, 3.05) is 0 Å². The van der Waals surface area contributed by atoms with Gasteiger partial charge in [-0.15, -0.1) is 5.10 Å². The molecule has 1 saturated carbocycles. The van der Waals surface area contributed by atoms with E-state index in [1.54, 1.807) is 0 Å². The molecule has 0 spiro atoms. The van der Waals surface area contributed by atoms with Gasteiger partial charge in [-0.3, -0.25) is 0 Å². The molecule has 19 heavy (non-hydrogen) atoms. The maximum atomic E-state index is 9.13. The molecule has 0 aliphatic heterocycles. The number of hydrogen-bond acceptors (Lipinski definition) is 3. The van der Waals surface area contributed by atoms with Crippen LogP contribution in [0.15, 0.2) is 0 Å². The quantitative estimate of drug-likeness (QED) is 0.787. The van der Waals surface area contributed by atoms with Crippen molar-refractivity contribution in [3.8, 4) is 6.07 Å². The molecule has 0 saturated heterocycles. The summed E-state index contributed by atoms with van der Waals surface area (Å²) in [6, 6.07) is 2.19. The van der Waals surface area contributed by atoms with Gasteiger partial charge in [-0.25, -0.2) is 4.68 Å². The van der Waals surface area contributed by atoms with Crippen molar-refractivity contribution < 1.29 is 0 Å². The molecule has 104 valence electrons. The van der Waals surface area contributed by atoms with Gasteiger partial charge in [0, 0.05) is 6.54 Å². The summed E-state index contributed by atoms with van der Waals surface area (Å²) in [5.74, 6) is 0.842. The molecule has 1 aromatic rings. The highest BCUT2D eigenvalue weighted by atomic mass is 15.4. The van der Waals surface area contributed by atoms with Gasteiger partial charge >= 0.3 is 0 Å². The predicted molar refractivity (Wildman–Crippen MR) is 74.5 cm³/mol. The first-order chi connectivity index (χ1) is 9.35. The minimum Gasteiger partial charge on any atom is -0.248 e. The van der Waals surface area contributed by atoms with Crippen molar-refractivity contribution in [1.29, 1.82) is 5.26 Å². The van der Waals surface area contributed by atoms with Gasteiger partial charge in [-0.2, -0.15) is 5.26 Å². The van der Waals surface area contributed by atoms with Crippen LogP contribution >= 0.6 is 0 Å². The number of nitrogens with zero attached hydrogens (tertiary/aromatic N) is 4. The van der Waals surface area contributed by atoms with Crippen LogP contribution in [-0.2, 0) is 13.0 Å². The molecule has 1 aliphatic carbocycles. The van der Waals surface area contributed by atoms with Gasteiger partial charge in [0.05, 0.1) is 5.69 Å². The van der Waals surface area contributed by atoms with Crippen LogP contribution in [0.5, 0.6) is 0 Å². The van der Waals surface area contributed by atoms with E-state index in [2.05, 4.69) is 23.3 Å². The molecule has 1 fully saturated rings. The molecule has 2 rings (SSSR count). The van der Waals surface area contributed by atoms with Gasteiger partial charge in [-0.1, -0.05) is 50.7 Å². The summed E-state index contributed by atoms with van der Waals surface area (Å²) in [6.07, 6.45) is 11.3. The third-order valence-corrected chi connectivity index (χ3v) is 4.18. The lowest BCUT2D eigenvalue weighted by molar-refractivity contribution is 0.336. The minimum absolute atomic E-state index is 0.534. The highest BCUT2D eigenvalue weighted by molar-refractivity contribution is 5.24. The molecule has 0 unspecified atom stereocenters. The van der Waals surface area contributed by atoms with E-state index >= 15 is 0 Å². The van der Waals surface area contributed by atoms with Crippen molar-refractivity contribution >= 4 is 0 Å². The lowest BCUT2D eigenvalue weighted by atomic mass is 9.85. The van der Waals surface area contributed by atoms with Crippen LogP contribution in [0.1, 0.15) is 69.7 Å². The average molecular weight is 260 g/mol. The second kappa shape index (κ2) is 7.28. The Hall–Kier alpha value is -1.37. The number of rotatable bonds is 6. The molecule has 0 aromatic carbocycles. The number of unbranched alkanes of at least 4 members (excludes halogenated alkanes) is 1. The normalized spacial score (nSPS) is 16.4. The van der Waals surface area contributed by atoms with Gasteiger partial charge in [0.2, 0.25) is 0 Å². The Morgan fingerprint density at radius 3 is 2.79 bits per heavy atom. The zero-order chi connectivity index (χ0) is 13.5.